The molecule has 7 nitrogen and oxygen atoms in total. The summed E-state index contributed by atoms with van der Waals surface area (Å²) in [6.07, 6.45) is 0.178. The van der Waals surface area contributed by atoms with Gasteiger partial charge in [0.2, 0.25) is 5.71 Å². The molecule has 0 aromatic heterocycles. The minimum Gasteiger partial charge on any atom is -0.619 e. The summed E-state index contributed by atoms with van der Waals surface area (Å²) in [4.78, 5) is 14.0. The molecular formula is C10H8N4O3. The zero-order chi connectivity index (χ0) is 12.4. The normalized spacial score (nSPS) is 18.5. The van der Waals surface area contributed by atoms with Crippen LogP contribution >= 0.6 is 0 Å². The zero-order valence-electron chi connectivity index (χ0n) is 8.61. The Hall–Kier alpha value is -2.57. The number of nitro groups is 1. The summed E-state index contributed by atoms with van der Waals surface area (Å²) in [5, 5.41) is 29.5. The van der Waals surface area contributed by atoms with E-state index in [9.17, 15) is 15.3 Å². The highest BCUT2D eigenvalue weighted by molar-refractivity contribution is 6.31. The number of para-hydroxylation sites is 1. The number of benzene rings is 1. The molecule has 1 atom stereocenters. The van der Waals surface area contributed by atoms with Gasteiger partial charge in [-0.3, -0.25) is 10.1 Å². The molecule has 0 amide bonds. The lowest BCUT2D eigenvalue weighted by Gasteiger charge is -2.06. The third-order valence-electron chi connectivity index (χ3n) is 2.31. The summed E-state index contributed by atoms with van der Waals surface area (Å²) in [5.41, 5.74) is 0.744. The molecule has 0 spiro atoms. The molecule has 1 aliphatic heterocycles. The highest BCUT2D eigenvalue weighted by Gasteiger charge is 2.36. The number of rotatable bonds is 2. The SMILES string of the molecule is N=CC1=Nc2ccccc2C=[N+]([O-])C1[N+](=O)[O-]. The highest BCUT2D eigenvalue weighted by Crippen LogP contribution is 2.20. The lowest BCUT2D eigenvalue weighted by Crippen LogP contribution is -2.38. The lowest BCUT2D eigenvalue weighted by molar-refractivity contribution is -0.707. The second-order valence-corrected chi connectivity index (χ2v) is 3.39. The van der Waals surface area contributed by atoms with Crippen LogP contribution < -0.4 is 0 Å². The largest absolute Gasteiger partial charge is 0.619 e. The van der Waals surface area contributed by atoms with Crippen molar-refractivity contribution < 1.29 is 9.66 Å². The molecule has 0 saturated carbocycles. The van der Waals surface area contributed by atoms with E-state index in [4.69, 9.17) is 5.41 Å². The number of hydroxylamine groups is 1. The van der Waals surface area contributed by atoms with Crippen molar-refractivity contribution in [2.45, 2.75) is 6.17 Å². The van der Waals surface area contributed by atoms with Crippen LogP contribution in [0.15, 0.2) is 29.3 Å². The summed E-state index contributed by atoms with van der Waals surface area (Å²) in [7, 11) is 0. The first-order chi connectivity index (χ1) is 8.13. The molecule has 0 aliphatic carbocycles. The number of hydrogen-bond acceptors (Lipinski definition) is 5. The van der Waals surface area contributed by atoms with Gasteiger partial charge in [-0.1, -0.05) is 12.1 Å². The van der Waals surface area contributed by atoms with Crippen LogP contribution in [-0.4, -0.2) is 34.0 Å². The van der Waals surface area contributed by atoms with E-state index in [-0.39, 0.29) is 10.5 Å². The van der Waals surface area contributed by atoms with Crippen molar-refractivity contribution in [2.24, 2.45) is 4.99 Å². The van der Waals surface area contributed by atoms with Crippen LogP contribution in [0.1, 0.15) is 5.56 Å². The van der Waals surface area contributed by atoms with Crippen molar-refractivity contribution in [3.05, 3.63) is 45.2 Å². The minimum atomic E-state index is -1.67. The van der Waals surface area contributed by atoms with Crippen molar-refractivity contribution in [1.29, 1.82) is 5.41 Å². The molecule has 1 aromatic rings. The van der Waals surface area contributed by atoms with E-state index < -0.39 is 11.1 Å². The van der Waals surface area contributed by atoms with E-state index in [2.05, 4.69) is 4.99 Å². The van der Waals surface area contributed by atoms with Gasteiger partial charge < -0.3 is 10.6 Å². The first-order valence-electron chi connectivity index (χ1n) is 4.75. The number of aliphatic imine (C=N–C) groups is 1. The molecule has 1 N–H and O–H groups in total. The topological polar surface area (TPSA) is 105 Å². The molecular weight excluding hydrogens is 224 g/mol. The maximum Gasteiger partial charge on any atom is 0.452 e. The zero-order valence-corrected chi connectivity index (χ0v) is 8.61. The first-order valence-corrected chi connectivity index (χ1v) is 4.75. The molecule has 0 saturated heterocycles. The average Bonchev–Trinajstić information content (AvgIpc) is 2.43. The average molecular weight is 232 g/mol. The molecule has 1 unspecified atom stereocenters. The Morgan fingerprint density at radius 2 is 2.18 bits per heavy atom. The Labute approximate surface area is 96.0 Å². The maximum atomic E-state index is 11.6. The van der Waals surface area contributed by atoms with Crippen LogP contribution in [-0.2, 0) is 0 Å². The second-order valence-electron chi connectivity index (χ2n) is 3.39. The molecule has 17 heavy (non-hydrogen) atoms. The number of fused-ring (bicyclic) bond motifs is 1. The van der Waals surface area contributed by atoms with Crippen molar-refractivity contribution in [3.8, 4) is 0 Å². The Morgan fingerprint density at radius 1 is 1.47 bits per heavy atom. The molecule has 1 aromatic carbocycles. The van der Waals surface area contributed by atoms with E-state index in [0.717, 1.165) is 12.4 Å². The van der Waals surface area contributed by atoms with Gasteiger partial charge in [0.1, 0.15) is 0 Å². The quantitative estimate of drug-likeness (QED) is 0.270. The molecule has 0 bridgehead atoms. The van der Waals surface area contributed by atoms with E-state index in [0.29, 0.717) is 11.3 Å². The summed E-state index contributed by atoms with van der Waals surface area (Å²) in [6.45, 7) is 0. The van der Waals surface area contributed by atoms with Crippen LogP contribution in [0.5, 0.6) is 0 Å². The van der Waals surface area contributed by atoms with Crippen molar-refractivity contribution in [2.75, 3.05) is 0 Å². The predicted molar refractivity (Wildman–Crippen MR) is 61.9 cm³/mol. The maximum absolute atomic E-state index is 11.6. The minimum absolute atomic E-state index is 0.189. The fourth-order valence-electron chi connectivity index (χ4n) is 1.54. The standard InChI is InChI=1S/C10H8N4O3/c11-5-9-10(14(16)17)13(15)6-7-3-1-2-4-8(7)12-9/h1-6,10-11H. The Morgan fingerprint density at radius 3 is 2.82 bits per heavy atom. The van der Waals surface area contributed by atoms with Crippen LogP contribution in [0.2, 0.25) is 0 Å². The van der Waals surface area contributed by atoms with Crippen molar-refractivity contribution >= 4 is 23.8 Å². The van der Waals surface area contributed by atoms with Crippen LogP contribution in [0.4, 0.5) is 5.69 Å². The number of nitrogens with one attached hydrogen (secondary N) is 1. The van der Waals surface area contributed by atoms with Crippen molar-refractivity contribution in [1.82, 2.24) is 0 Å². The second kappa shape index (κ2) is 4.12. The molecule has 0 fully saturated rings. The van der Waals surface area contributed by atoms with Gasteiger partial charge >= 0.3 is 6.17 Å². The van der Waals surface area contributed by atoms with Gasteiger partial charge in [0.15, 0.2) is 6.21 Å². The van der Waals surface area contributed by atoms with Crippen molar-refractivity contribution in [3.63, 3.8) is 0 Å². The summed E-state index contributed by atoms with van der Waals surface area (Å²) >= 11 is 0. The van der Waals surface area contributed by atoms with E-state index >= 15 is 0 Å². The van der Waals surface area contributed by atoms with Gasteiger partial charge in [0, 0.05) is 0 Å². The highest BCUT2D eigenvalue weighted by atomic mass is 16.6. The van der Waals surface area contributed by atoms with Gasteiger partial charge in [-0.2, -0.15) is 0 Å². The Balaban J connectivity index is 2.65. The number of nitrogens with zero attached hydrogens (tertiary/aromatic N) is 3. The van der Waals surface area contributed by atoms with Gasteiger partial charge in [-0.15, -0.1) is 4.74 Å². The Bertz CT molecular complexity index is 550. The summed E-state index contributed by atoms with van der Waals surface area (Å²) < 4.78 is 0.204. The van der Waals surface area contributed by atoms with Gasteiger partial charge in [0.25, 0.3) is 0 Å². The molecule has 0 radical (unpaired) electrons. The molecule has 1 aliphatic rings. The van der Waals surface area contributed by atoms with E-state index in [1.165, 1.54) is 0 Å². The summed E-state index contributed by atoms with van der Waals surface area (Å²) in [5.74, 6) is 0. The molecule has 86 valence electrons. The third kappa shape index (κ3) is 1.89. The van der Waals surface area contributed by atoms with Gasteiger partial charge in [0.05, 0.1) is 22.4 Å². The monoisotopic (exact) mass is 232 g/mol. The fraction of sp³-hybridized carbons (Fsp3) is 0.100. The number of hydrogen-bond donors (Lipinski definition) is 1. The predicted octanol–water partition coefficient (Wildman–Crippen LogP) is 0.954. The fourth-order valence-corrected chi connectivity index (χ4v) is 1.54. The van der Waals surface area contributed by atoms with Gasteiger partial charge in [-0.05, 0) is 12.1 Å². The smallest absolute Gasteiger partial charge is 0.452 e. The third-order valence-corrected chi connectivity index (χ3v) is 2.31. The molecule has 2 rings (SSSR count). The molecule has 1 heterocycles. The van der Waals surface area contributed by atoms with E-state index in [1.54, 1.807) is 24.3 Å². The Kier molecular flexibility index (Phi) is 2.65. The summed E-state index contributed by atoms with van der Waals surface area (Å²) in [6, 6.07) is 6.67. The van der Waals surface area contributed by atoms with Crippen LogP contribution in [0.25, 0.3) is 0 Å². The lowest BCUT2D eigenvalue weighted by atomic mass is 10.2. The van der Waals surface area contributed by atoms with Gasteiger partial charge in [-0.25, -0.2) is 4.99 Å². The van der Waals surface area contributed by atoms with E-state index in [1.807, 2.05) is 0 Å². The van der Waals surface area contributed by atoms with Crippen LogP contribution in [0, 0.1) is 20.7 Å². The first kappa shape index (κ1) is 10.9. The van der Waals surface area contributed by atoms with Crippen LogP contribution in [0.3, 0.4) is 0 Å². The molecule has 7 heteroatoms.